The highest BCUT2D eigenvalue weighted by molar-refractivity contribution is 5.99. The quantitative estimate of drug-likeness (QED) is 0.809. The lowest BCUT2D eigenvalue weighted by atomic mass is 10.1. The standard InChI is InChI=1S/C16H19N5O3/c22-14-7-5-12(15(23)17-14)21-16(24)20-10-11(4-6-13(20)18-21)19-8-2-1-3-9-19/h4,6,10,12H,1-3,5,7-9H2,(H,17,22,23). The Balaban J connectivity index is 1.71. The molecule has 2 amide bonds. The number of nitrogens with one attached hydrogen (secondary N) is 1. The zero-order valence-corrected chi connectivity index (χ0v) is 13.3. The molecule has 1 unspecified atom stereocenters. The number of piperidine rings is 2. The van der Waals surface area contributed by atoms with E-state index in [1.54, 1.807) is 12.3 Å². The minimum absolute atomic E-state index is 0.218. The first kappa shape index (κ1) is 14.9. The predicted molar refractivity (Wildman–Crippen MR) is 86.9 cm³/mol. The molecule has 0 radical (unpaired) electrons. The maximum atomic E-state index is 12.7. The van der Waals surface area contributed by atoms with Crippen LogP contribution in [0.1, 0.15) is 38.1 Å². The summed E-state index contributed by atoms with van der Waals surface area (Å²) in [5, 5.41) is 6.54. The molecule has 8 nitrogen and oxygen atoms in total. The number of pyridine rings is 1. The molecule has 4 heterocycles. The maximum Gasteiger partial charge on any atom is 0.351 e. The van der Waals surface area contributed by atoms with Crippen LogP contribution in [-0.4, -0.2) is 39.1 Å². The van der Waals surface area contributed by atoms with E-state index in [0.717, 1.165) is 31.6 Å². The highest BCUT2D eigenvalue weighted by Gasteiger charge is 2.30. The fourth-order valence-electron chi connectivity index (χ4n) is 3.44. The number of nitrogens with zero attached hydrogens (tertiary/aromatic N) is 4. The number of imide groups is 1. The summed E-state index contributed by atoms with van der Waals surface area (Å²) >= 11 is 0. The molecular weight excluding hydrogens is 310 g/mol. The topological polar surface area (TPSA) is 88.7 Å². The minimum atomic E-state index is -0.728. The van der Waals surface area contributed by atoms with E-state index in [1.807, 2.05) is 6.07 Å². The van der Waals surface area contributed by atoms with Gasteiger partial charge in [0.1, 0.15) is 6.04 Å². The fraction of sp³-hybridized carbons (Fsp3) is 0.500. The van der Waals surface area contributed by atoms with Crippen LogP contribution in [0.5, 0.6) is 0 Å². The Kier molecular flexibility index (Phi) is 3.59. The number of aromatic nitrogens is 3. The highest BCUT2D eigenvalue weighted by Crippen LogP contribution is 2.21. The molecule has 2 fully saturated rings. The van der Waals surface area contributed by atoms with E-state index in [1.165, 1.54) is 15.5 Å². The molecule has 2 aromatic heterocycles. The van der Waals surface area contributed by atoms with E-state index in [-0.39, 0.29) is 18.0 Å². The Morgan fingerprint density at radius 2 is 1.88 bits per heavy atom. The Hall–Kier alpha value is -2.64. The van der Waals surface area contributed by atoms with Gasteiger partial charge in [0.05, 0.1) is 5.69 Å². The summed E-state index contributed by atoms with van der Waals surface area (Å²) in [6, 6.07) is 3.03. The zero-order chi connectivity index (χ0) is 16.7. The molecule has 8 heteroatoms. The van der Waals surface area contributed by atoms with Crippen LogP contribution in [0, 0.1) is 0 Å². The molecule has 126 valence electrons. The second kappa shape index (κ2) is 5.77. The number of rotatable bonds is 2. The summed E-state index contributed by atoms with van der Waals surface area (Å²) in [6.45, 7) is 1.98. The third-order valence-electron chi connectivity index (χ3n) is 4.75. The van der Waals surface area contributed by atoms with Gasteiger partial charge >= 0.3 is 5.69 Å². The lowest BCUT2D eigenvalue weighted by Gasteiger charge is -2.28. The number of carbonyl (C=O) groups is 2. The van der Waals surface area contributed by atoms with Crippen molar-refractivity contribution in [2.75, 3.05) is 18.0 Å². The van der Waals surface area contributed by atoms with Crippen LogP contribution >= 0.6 is 0 Å². The van der Waals surface area contributed by atoms with Crippen molar-refractivity contribution in [2.24, 2.45) is 0 Å². The molecule has 0 saturated carbocycles. The molecule has 1 N–H and O–H groups in total. The van der Waals surface area contributed by atoms with Gasteiger partial charge in [0.15, 0.2) is 5.65 Å². The van der Waals surface area contributed by atoms with Gasteiger partial charge in [-0.1, -0.05) is 0 Å². The molecule has 0 aromatic carbocycles. The summed E-state index contributed by atoms with van der Waals surface area (Å²) in [5.41, 5.74) is 1.15. The van der Waals surface area contributed by atoms with E-state index in [4.69, 9.17) is 0 Å². The number of fused-ring (bicyclic) bond motifs is 1. The first-order chi connectivity index (χ1) is 11.6. The SMILES string of the molecule is O=C1CCC(n2nc3ccc(N4CCCCC4)cn3c2=O)C(=O)N1. The van der Waals surface area contributed by atoms with Gasteiger partial charge in [0.2, 0.25) is 5.91 Å². The Labute approximate surface area is 138 Å². The molecule has 1 atom stereocenters. The highest BCUT2D eigenvalue weighted by atomic mass is 16.2. The second-order valence-corrected chi connectivity index (χ2v) is 6.36. The van der Waals surface area contributed by atoms with Crippen LogP contribution in [0.3, 0.4) is 0 Å². The molecule has 0 spiro atoms. The molecule has 0 bridgehead atoms. The van der Waals surface area contributed by atoms with Gasteiger partial charge in [0, 0.05) is 25.7 Å². The zero-order valence-electron chi connectivity index (χ0n) is 13.3. The monoisotopic (exact) mass is 329 g/mol. The smallest absolute Gasteiger partial charge is 0.351 e. The van der Waals surface area contributed by atoms with E-state index < -0.39 is 11.9 Å². The van der Waals surface area contributed by atoms with Crippen LogP contribution in [0.25, 0.3) is 5.65 Å². The van der Waals surface area contributed by atoms with Gasteiger partial charge < -0.3 is 4.90 Å². The molecule has 2 aliphatic rings. The van der Waals surface area contributed by atoms with Crippen LogP contribution in [0.15, 0.2) is 23.1 Å². The van der Waals surface area contributed by atoms with Crippen molar-refractivity contribution in [3.8, 4) is 0 Å². The van der Waals surface area contributed by atoms with E-state index in [0.29, 0.717) is 12.1 Å². The first-order valence-corrected chi connectivity index (χ1v) is 8.33. The molecule has 4 rings (SSSR count). The van der Waals surface area contributed by atoms with Crippen LogP contribution < -0.4 is 15.9 Å². The number of hydrogen-bond donors (Lipinski definition) is 1. The summed E-state index contributed by atoms with van der Waals surface area (Å²) < 4.78 is 2.67. The van der Waals surface area contributed by atoms with Gasteiger partial charge in [-0.3, -0.25) is 14.9 Å². The molecule has 2 aliphatic heterocycles. The lowest BCUT2D eigenvalue weighted by Crippen LogP contribution is -2.44. The van der Waals surface area contributed by atoms with Crippen molar-refractivity contribution in [3.05, 3.63) is 28.8 Å². The molecule has 0 aliphatic carbocycles. The Morgan fingerprint density at radius 1 is 1.08 bits per heavy atom. The third kappa shape index (κ3) is 2.47. The largest absolute Gasteiger partial charge is 0.370 e. The van der Waals surface area contributed by atoms with Gasteiger partial charge in [-0.05, 0) is 37.8 Å². The third-order valence-corrected chi connectivity index (χ3v) is 4.75. The average Bonchev–Trinajstić information content (AvgIpc) is 2.92. The Bertz CT molecular complexity index is 862. The van der Waals surface area contributed by atoms with Crippen molar-refractivity contribution < 1.29 is 9.59 Å². The van der Waals surface area contributed by atoms with Crippen LogP contribution in [0.2, 0.25) is 0 Å². The number of carbonyl (C=O) groups excluding carboxylic acids is 2. The summed E-state index contributed by atoms with van der Waals surface area (Å²) in [4.78, 5) is 38.2. The maximum absolute atomic E-state index is 12.7. The van der Waals surface area contributed by atoms with Gasteiger partial charge in [-0.2, -0.15) is 4.68 Å². The van der Waals surface area contributed by atoms with Crippen molar-refractivity contribution in [2.45, 2.75) is 38.1 Å². The summed E-state index contributed by atoms with van der Waals surface area (Å²) in [6.07, 6.45) is 5.86. The fourth-order valence-corrected chi connectivity index (χ4v) is 3.44. The lowest BCUT2D eigenvalue weighted by molar-refractivity contribution is -0.136. The second-order valence-electron chi connectivity index (χ2n) is 6.36. The number of hydrogen-bond acceptors (Lipinski definition) is 5. The van der Waals surface area contributed by atoms with Crippen molar-refractivity contribution in [1.29, 1.82) is 0 Å². The minimum Gasteiger partial charge on any atom is -0.370 e. The molecular formula is C16H19N5O3. The van der Waals surface area contributed by atoms with Gasteiger partial charge in [-0.15, -0.1) is 5.10 Å². The average molecular weight is 329 g/mol. The predicted octanol–water partition coefficient (Wildman–Crippen LogP) is 0.464. The molecule has 2 saturated heterocycles. The van der Waals surface area contributed by atoms with Gasteiger partial charge in [-0.25, -0.2) is 9.20 Å². The summed E-state index contributed by atoms with van der Waals surface area (Å²) in [5.74, 6) is -0.770. The van der Waals surface area contributed by atoms with Crippen molar-refractivity contribution in [3.63, 3.8) is 0 Å². The molecule has 24 heavy (non-hydrogen) atoms. The van der Waals surface area contributed by atoms with Crippen molar-refractivity contribution in [1.82, 2.24) is 19.5 Å². The van der Waals surface area contributed by atoms with E-state index in [2.05, 4.69) is 15.3 Å². The first-order valence-electron chi connectivity index (χ1n) is 8.33. The normalized spacial score (nSPS) is 22.0. The van der Waals surface area contributed by atoms with Gasteiger partial charge in [0.25, 0.3) is 5.91 Å². The van der Waals surface area contributed by atoms with Crippen LogP contribution in [0.4, 0.5) is 5.69 Å². The number of amides is 2. The number of anilines is 1. The van der Waals surface area contributed by atoms with Crippen LogP contribution in [-0.2, 0) is 9.59 Å². The van der Waals surface area contributed by atoms with E-state index >= 15 is 0 Å². The van der Waals surface area contributed by atoms with Crippen molar-refractivity contribution >= 4 is 23.1 Å². The molecule has 2 aromatic rings. The van der Waals surface area contributed by atoms with E-state index in [9.17, 15) is 14.4 Å². The summed E-state index contributed by atoms with van der Waals surface area (Å²) in [7, 11) is 0. The Morgan fingerprint density at radius 3 is 2.62 bits per heavy atom.